The van der Waals surface area contributed by atoms with Gasteiger partial charge in [-0.25, -0.2) is 4.98 Å². The average molecular weight is 499 g/mol. The molecule has 3 heterocycles. The highest BCUT2D eigenvalue weighted by molar-refractivity contribution is 7.99. The Hall–Kier alpha value is -3.82. The molecule has 0 saturated carbocycles. The van der Waals surface area contributed by atoms with Gasteiger partial charge in [0.15, 0.2) is 16.1 Å². The number of pyridine rings is 1. The molecule has 0 unspecified atom stereocenters. The van der Waals surface area contributed by atoms with Crippen molar-refractivity contribution in [2.24, 2.45) is 0 Å². The molecule has 2 aromatic carbocycles. The molecule has 0 aliphatic heterocycles. The summed E-state index contributed by atoms with van der Waals surface area (Å²) in [6, 6.07) is 19.9. The van der Waals surface area contributed by atoms with Crippen LogP contribution in [0.25, 0.3) is 28.3 Å². The molecule has 1 amide bonds. The molecule has 5 aromatic rings. The zero-order valence-electron chi connectivity index (χ0n) is 19.2. The Bertz CT molecular complexity index is 1460. The first-order chi connectivity index (χ1) is 17.1. The number of anilines is 1. The van der Waals surface area contributed by atoms with Crippen LogP contribution in [-0.2, 0) is 4.79 Å². The quantitative estimate of drug-likeness (QED) is 0.286. The van der Waals surface area contributed by atoms with E-state index in [9.17, 15) is 4.79 Å². The number of benzene rings is 2. The van der Waals surface area contributed by atoms with E-state index in [0.29, 0.717) is 16.1 Å². The zero-order chi connectivity index (χ0) is 24.2. The number of para-hydroxylation sites is 1. The number of hydrogen-bond acceptors (Lipinski definition) is 7. The Labute approximate surface area is 211 Å². The van der Waals surface area contributed by atoms with E-state index in [1.54, 1.807) is 12.4 Å². The Morgan fingerprint density at radius 1 is 1.06 bits per heavy atom. The van der Waals surface area contributed by atoms with Crippen LogP contribution in [-0.4, -0.2) is 36.4 Å². The van der Waals surface area contributed by atoms with Crippen molar-refractivity contribution in [2.75, 3.05) is 11.1 Å². The lowest BCUT2D eigenvalue weighted by Crippen LogP contribution is -2.14. The summed E-state index contributed by atoms with van der Waals surface area (Å²) < 4.78 is 1.94. The number of carbonyl (C=O) groups is 1. The van der Waals surface area contributed by atoms with Crippen LogP contribution in [0.3, 0.4) is 0 Å². The molecule has 0 aliphatic rings. The van der Waals surface area contributed by atoms with Gasteiger partial charge in [-0.3, -0.25) is 14.3 Å². The highest BCUT2D eigenvalue weighted by Crippen LogP contribution is 2.30. The molecule has 3 aromatic heterocycles. The molecule has 0 bridgehead atoms. The summed E-state index contributed by atoms with van der Waals surface area (Å²) in [6.45, 7) is 4.14. The predicted octanol–water partition coefficient (Wildman–Crippen LogP) is 5.80. The van der Waals surface area contributed by atoms with E-state index in [0.717, 1.165) is 28.1 Å². The molecule has 9 heteroatoms. The molecule has 1 N–H and O–H groups in total. The Morgan fingerprint density at radius 3 is 2.69 bits per heavy atom. The van der Waals surface area contributed by atoms with Crippen LogP contribution in [0.4, 0.5) is 5.13 Å². The number of hydrogen-bond donors (Lipinski definition) is 1. The topological polar surface area (TPSA) is 85.6 Å². The number of carbonyl (C=O) groups excluding carboxylic acids is 1. The lowest BCUT2D eigenvalue weighted by Gasteiger charge is -2.10. The first-order valence-corrected chi connectivity index (χ1v) is 12.8. The van der Waals surface area contributed by atoms with Crippen LogP contribution in [0.15, 0.2) is 83.6 Å². The second-order valence-corrected chi connectivity index (χ2v) is 9.71. The van der Waals surface area contributed by atoms with Gasteiger partial charge in [0.1, 0.15) is 0 Å². The third kappa shape index (κ3) is 5.16. The van der Waals surface area contributed by atoms with Crippen molar-refractivity contribution in [1.29, 1.82) is 0 Å². The summed E-state index contributed by atoms with van der Waals surface area (Å²) in [5.74, 6) is 0.698. The van der Waals surface area contributed by atoms with Crippen molar-refractivity contribution < 1.29 is 4.79 Å². The molecule has 0 fully saturated rings. The summed E-state index contributed by atoms with van der Waals surface area (Å²) in [4.78, 5) is 21.5. The molecule has 0 spiro atoms. The highest BCUT2D eigenvalue weighted by atomic mass is 32.2. The van der Waals surface area contributed by atoms with Gasteiger partial charge in [-0.2, -0.15) is 0 Å². The number of aryl methyl sites for hydroxylation is 2. The van der Waals surface area contributed by atoms with E-state index < -0.39 is 0 Å². The smallest absolute Gasteiger partial charge is 0.236 e. The highest BCUT2D eigenvalue weighted by Gasteiger charge is 2.18. The van der Waals surface area contributed by atoms with E-state index in [1.165, 1.54) is 28.7 Å². The lowest BCUT2D eigenvalue weighted by molar-refractivity contribution is -0.113. The van der Waals surface area contributed by atoms with Gasteiger partial charge in [0, 0.05) is 34.6 Å². The van der Waals surface area contributed by atoms with Crippen molar-refractivity contribution in [1.82, 2.24) is 24.7 Å². The summed E-state index contributed by atoms with van der Waals surface area (Å²) in [7, 11) is 0. The fourth-order valence-corrected chi connectivity index (χ4v) is 5.18. The van der Waals surface area contributed by atoms with Crippen molar-refractivity contribution in [3.05, 3.63) is 89.6 Å². The minimum absolute atomic E-state index is 0.151. The molecule has 7 nitrogen and oxygen atoms in total. The van der Waals surface area contributed by atoms with Crippen LogP contribution in [0, 0.1) is 13.8 Å². The second-order valence-electron chi connectivity index (χ2n) is 7.91. The summed E-state index contributed by atoms with van der Waals surface area (Å²) in [5, 5.41) is 14.8. The maximum absolute atomic E-state index is 12.7. The van der Waals surface area contributed by atoms with Crippen LogP contribution >= 0.6 is 23.1 Å². The molecule has 174 valence electrons. The Balaban J connectivity index is 1.32. The largest absolute Gasteiger partial charge is 0.301 e. The number of thiazole rings is 1. The molecule has 0 atom stereocenters. The summed E-state index contributed by atoms with van der Waals surface area (Å²) in [5.41, 5.74) is 6.07. The molecular formula is C26H22N6OS2. The Morgan fingerprint density at radius 2 is 1.91 bits per heavy atom. The number of rotatable bonds is 7. The molecular weight excluding hydrogens is 476 g/mol. The summed E-state index contributed by atoms with van der Waals surface area (Å²) >= 11 is 2.74. The SMILES string of the molecule is Cc1ccc(-c2csc(NC(=O)CSc3nnc(-c4cccnc4)n3-c3ccccc3)n2)c(C)c1. The van der Waals surface area contributed by atoms with E-state index in [2.05, 4.69) is 57.5 Å². The maximum Gasteiger partial charge on any atom is 0.236 e. The number of amides is 1. The lowest BCUT2D eigenvalue weighted by atomic mass is 10.0. The van der Waals surface area contributed by atoms with Crippen molar-refractivity contribution in [3.63, 3.8) is 0 Å². The normalized spacial score (nSPS) is 10.9. The van der Waals surface area contributed by atoms with Gasteiger partial charge in [0.25, 0.3) is 0 Å². The van der Waals surface area contributed by atoms with Gasteiger partial charge in [0.05, 0.1) is 11.4 Å². The van der Waals surface area contributed by atoms with Crippen molar-refractivity contribution in [2.45, 2.75) is 19.0 Å². The molecule has 0 saturated heterocycles. The van der Waals surface area contributed by atoms with E-state index >= 15 is 0 Å². The molecule has 0 aliphatic carbocycles. The Kier molecular flexibility index (Phi) is 6.69. The van der Waals surface area contributed by atoms with E-state index in [-0.39, 0.29) is 11.7 Å². The fraction of sp³-hybridized carbons (Fsp3) is 0.115. The van der Waals surface area contributed by atoms with Crippen LogP contribution in [0.5, 0.6) is 0 Å². The predicted molar refractivity (Wildman–Crippen MR) is 141 cm³/mol. The zero-order valence-corrected chi connectivity index (χ0v) is 20.8. The number of nitrogens with zero attached hydrogens (tertiary/aromatic N) is 5. The van der Waals surface area contributed by atoms with Crippen molar-refractivity contribution in [3.8, 4) is 28.3 Å². The molecule has 5 rings (SSSR count). The first-order valence-electron chi connectivity index (χ1n) is 11.0. The summed E-state index contributed by atoms with van der Waals surface area (Å²) in [6.07, 6.45) is 3.47. The van der Waals surface area contributed by atoms with Gasteiger partial charge in [-0.1, -0.05) is 53.7 Å². The monoisotopic (exact) mass is 498 g/mol. The van der Waals surface area contributed by atoms with Crippen LogP contribution in [0.1, 0.15) is 11.1 Å². The van der Waals surface area contributed by atoms with E-state index in [4.69, 9.17) is 0 Å². The maximum atomic E-state index is 12.7. The van der Waals surface area contributed by atoms with Gasteiger partial charge in [-0.15, -0.1) is 21.5 Å². The van der Waals surface area contributed by atoms with Gasteiger partial charge in [-0.05, 0) is 43.7 Å². The van der Waals surface area contributed by atoms with Gasteiger partial charge < -0.3 is 5.32 Å². The van der Waals surface area contributed by atoms with Crippen LogP contribution < -0.4 is 5.32 Å². The number of thioether (sulfide) groups is 1. The van der Waals surface area contributed by atoms with Gasteiger partial charge in [0.2, 0.25) is 5.91 Å². The fourth-order valence-electron chi connectivity index (χ4n) is 3.70. The average Bonchev–Trinajstić information content (AvgIpc) is 3.51. The molecule has 0 radical (unpaired) electrons. The van der Waals surface area contributed by atoms with E-state index in [1.807, 2.05) is 52.4 Å². The second kappa shape index (κ2) is 10.2. The third-order valence-electron chi connectivity index (χ3n) is 5.31. The standard InChI is InChI=1S/C26H22N6OS2/c1-17-10-11-21(18(2)13-17)22-15-34-25(28-22)29-23(33)16-35-26-31-30-24(19-7-6-12-27-14-19)32(26)20-8-4-3-5-9-20/h3-15H,16H2,1-2H3,(H,28,29,33). The van der Waals surface area contributed by atoms with Crippen LogP contribution in [0.2, 0.25) is 0 Å². The minimum atomic E-state index is -0.151. The third-order valence-corrected chi connectivity index (χ3v) is 6.99. The first kappa shape index (κ1) is 22.9. The van der Waals surface area contributed by atoms with Crippen molar-refractivity contribution >= 4 is 34.1 Å². The molecule has 35 heavy (non-hydrogen) atoms. The van der Waals surface area contributed by atoms with Gasteiger partial charge >= 0.3 is 0 Å². The number of aromatic nitrogens is 5. The number of nitrogens with one attached hydrogen (secondary N) is 1. The minimum Gasteiger partial charge on any atom is -0.301 e.